The summed E-state index contributed by atoms with van der Waals surface area (Å²) in [6, 6.07) is 0.619. The third-order valence-electron chi connectivity index (χ3n) is 4.84. The molecule has 0 aromatic heterocycles. The maximum atomic E-state index is 11.7. The molecule has 3 rings (SSSR count). The lowest BCUT2D eigenvalue weighted by atomic mass is 9.75. The van der Waals surface area contributed by atoms with Crippen molar-refractivity contribution in [2.75, 3.05) is 39.8 Å². The highest BCUT2D eigenvalue weighted by atomic mass is 16.2. The second-order valence-electron chi connectivity index (χ2n) is 7.10. The van der Waals surface area contributed by atoms with Gasteiger partial charge in [-0.2, -0.15) is 0 Å². The van der Waals surface area contributed by atoms with Crippen LogP contribution in [0.3, 0.4) is 0 Å². The molecule has 3 heterocycles. The van der Waals surface area contributed by atoms with Gasteiger partial charge in [-0.25, -0.2) is 4.79 Å². The molecule has 0 aliphatic carbocycles. The van der Waals surface area contributed by atoms with Gasteiger partial charge in [0.15, 0.2) is 0 Å². The lowest BCUT2D eigenvalue weighted by molar-refractivity contribution is -0.00706. The molecule has 3 aliphatic rings. The monoisotopic (exact) mass is 306 g/mol. The highest BCUT2D eigenvalue weighted by Gasteiger charge is 2.40. The molecule has 5 heteroatoms. The number of fused-ring (bicyclic) bond motifs is 3. The zero-order valence-corrected chi connectivity index (χ0v) is 14.1. The lowest BCUT2D eigenvalue weighted by Crippen LogP contribution is -2.59. The van der Waals surface area contributed by atoms with Crippen molar-refractivity contribution in [1.29, 1.82) is 0 Å². The van der Waals surface area contributed by atoms with E-state index >= 15 is 0 Å². The number of terminal acetylenes is 1. The number of carbonyl (C=O) groups is 1. The van der Waals surface area contributed by atoms with Gasteiger partial charge in [0, 0.05) is 31.7 Å². The molecular formula is C17H30N4O. The molecule has 1 unspecified atom stereocenters. The van der Waals surface area contributed by atoms with Gasteiger partial charge in [-0.3, -0.25) is 9.80 Å². The van der Waals surface area contributed by atoms with Crippen LogP contribution in [-0.2, 0) is 0 Å². The summed E-state index contributed by atoms with van der Waals surface area (Å²) in [6.07, 6.45) is 7.86. The number of hydrogen-bond acceptors (Lipinski definition) is 3. The molecule has 4 atom stereocenters. The van der Waals surface area contributed by atoms with Crippen molar-refractivity contribution >= 4 is 6.03 Å². The predicted octanol–water partition coefficient (Wildman–Crippen LogP) is 0.969. The Hall–Kier alpha value is -1.25. The molecule has 0 radical (unpaired) electrons. The number of nitrogens with zero attached hydrogens (tertiary/aromatic N) is 2. The van der Waals surface area contributed by atoms with E-state index in [4.69, 9.17) is 6.42 Å². The van der Waals surface area contributed by atoms with Crippen molar-refractivity contribution in [1.82, 2.24) is 20.4 Å². The maximum Gasteiger partial charge on any atom is 0.315 e. The van der Waals surface area contributed by atoms with Gasteiger partial charge >= 0.3 is 6.03 Å². The molecule has 0 aromatic rings. The summed E-state index contributed by atoms with van der Waals surface area (Å²) in [5.74, 6) is 4.20. The third-order valence-corrected chi connectivity index (χ3v) is 4.84. The maximum absolute atomic E-state index is 11.7. The molecule has 3 aliphatic heterocycles. The van der Waals surface area contributed by atoms with Crippen LogP contribution in [0.2, 0.25) is 0 Å². The topological polar surface area (TPSA) is 47.6 Å². The number of rotatable bonds is 6. The first-order valence-electron chi connectivity index (χ1n) is 8.40. The van der Waals surface area contributed by atoms with E-state index < -0.39 is 0 Å². The second-order valence-corrected chi connectivity index (χ2v) is 7.10. The number of carbonyl (C=O) groups excluding carboxylic acids is 1. The molecule has 0 aromatic carbocycles. The summed E-state index contributed by atoms with van der Waals surface area (Å²) in [4.78, 5) is 16.5. The molecule has 0 spiro atoms. The fraction of sp³-hybridized carbons (Fsp3) is 0.824. The van der Waals surface area contributed by atoms with Crippen LogP contribution in [0.25, 0.3) is 0 Å². The first kappa shape index (κ1) is 17.1. The molecule has 3 fully saturated rings. The highest BCUT2D eigenvalue weighted by Crippen LogP contribution is 2.36. The van der Waals surface area contributed by atoms with E-state index in [1.807, 2.05) is 13.8 Å². The van der Waals surface area contributed by atoms with Crippen LogP contribution in [0.15, 0.2) is 0 Å². The molecule has 5 nitrogen and oxygen atoms in total. The Balaban J connectivity index is 1.78. The van der Waals surface area contributed by atoms with Gasteiger partial charge in [0.2, 0.25) is 0 Å². The van der Waals surface area contributed by atoms with E-state index in [9.17, 15) is 4.79 Å². The Labute approximate surface area is 134 Å². The first-order chi connectivity index (χ1) is 10.5. The Kier molecular flexibility index (Phi) is 6.10. The van der Waals surface area contributed by atoms with Gasteiger partial charge in [0.25, 0.3) is 0 Å². The Morgan fingerprint density at radius 1 is 1.50 bits per heavy atom. The van der Waals surface area contributed by atoms with Crippen LogP contribution in [0.4, 0.5) is 4.79 Å². The SMILES string of the molecule is C#CCN(C)C[C@H]1CN2CC[C@H]1C[C@@H]2CNC(=O)NC(C)C. The summed E-state index contributed by atoms with van der Waals surface area (Å²) in [6.45, 7) is 8.81. The van der Waals surface area contributed by atoms with Crippen molar-refractivity contribution in [3.63, 3.8) is 0 Å². The average Bonchev–Trinajstić information content (AvgIpc) is 2.45. The number of hydrogen-bond donors (Lipinski definition) is 2. The van der Waals surface area contributed by atoms with Crippen molar-refractivity contribution < 1.29 is 4.79 Å². The van der Waals surface area contributed by atoms with Crippen LogP contribution in [0.5, 0.6) is 0 Å². The fourth-order valence-electron chi connectivity index (χ4n) is 3.81. The molecule has 124 valence electrons. The average molecular weight is 306 g/mol. The van der Waals surface area contributed by atoms with E-state index in [1.54, 1.807) is 0 Å². The fourth-order valence-corrected chi connectivity index (χ4v) is 3.81. The van der Waals surface area contributed by atoms with E-state index in [2.05, 4.69) is 33.4 Å². The molecule has 2 amide bonds. The van der Waals surface area contributed by atoms with E-state index in [0.29, 0.717) is 12.0 Å². The van der Waals surface area contributed by atoms with Gasteiger partial charge < -0.3 is 10.6 Å². The van der Waals surface area contributed by atoms with Gasteiger partial charge in [0.1, 0.15) is 0 Å². The van der Waals surface area contributed by atoms with Crippen LogP contribution in [0.1, 0.15) is 26.7 Å². The van der Waals surface area contributed by atoms with Crippen molar-refractivity contribution in [2.24, 2.45) is 11.8 Å². The van der Waals surface area contributed by atoms with E-state index in [-0.39, 0.29) is 12.1 Å². The minimum Gasteiger partial charge on any atom is -0.337 e. The molecule has 2 N–H and O–H groups in total. The first-order valence-corrected chi connectivity index (χ1v) is 8.40. The molecule has 2 bridgehead atoms. The summed E-state index contributed by atoms with van der Waals surface area (Å²) in [7, 11) is 2.10. The molecule has 3 saturated heterocycles. The van der Waals surface area contributed by atoms with Gasteiger partial charge in [-0.15, -0.1) is 6.42 Å². The number of urea groups is 1. The highest BCUT2D eigenvalue weighted by molar-refractivity contribution is 5.74. The van der Waals surface area contributed by atoms with Crippen LogP contribution < -0.4 is 10.6 Å². The van der Waals surface area contributed by atoms with E-state index in [0.717, 1.165) is 38.6 Å². The zero-order valence-electron chi connectivity index (χ0n) is 14.1. The number of amides is 2. The van der Waals surface area contributed by atoms with Crippen LogP contribution >= 0.6 is 0 Å². The van der Waals surface area contributed by atoms with E-state index in [1.165, 1.54) is 12.8 Å². The van der Waals surface area contributed by atoms with Crippen molar-refractivity contribution in [3.05, 3.63) is 0 Å². The quantitative estimate of drug-likeness (QED) is 0.719. The normalized spacial score (nSPS) is 30.4. The van der Waals surface area contributed by atoms with Gasteiger partial charge in [-0.05, 0) is 52.1 Å². The molecule has 0 saturated carbocycles. The smallest absolute Gasteiger partial charge is 0.315 e. The summed E-state index contributed by atoms with van der Waals surface area (Å²) >= 11 is 0. The van der Waals surface area contributed by atoms with Gasteiger partial charge in [-0.1, -0.05) is 5.92 Å². The molecule has 22 heavy (non-hydrogen) atoms. The largest absolute Gasteiger partial charge is 0.337 e. The Bertz CT molecular complexity index is 417. The van der Waals surface area contributed by atoms with Crippen LogP contribution in [-0.4, -0.2) is 67.7 Å². The summed E-state index contributed by atoms with van der Waals surface area (Å²) in [5.41, 5.74) is 0. The third kappa shape index (κ3) is 4.62. The summed E-state index contributed by atoms with van der Waals surface area (Å²) in [5, 5.41) is 5.90. The van der Waals surface area contributed by atoms with Crippen molar-refractivity contribution in [3.8, 4) is 12.3 Å². The Morgan fingerprint density at radius 3 is 2.86 bits per heavy atom. The zero-order chi connectivity index (χ0) is 16.1. The minimum absolute atomic E-state index is 0.0528. The van der Waals surface area contributed by atoms with Gasteiger partial charge in [0.05, 0.1) is 6.54 Å². The Morgan fingerprint density at radius 2 is 2.27 bits per heavy atom. The molecular weight excluding hydrogens is 276 g/mol. The van der Waals surface area contributed by atoms with Crippen LogP contribution in [0, 0.1) is 24.2 Å². The predicted molar refractivity (Wildman–Crippen MR) is 89.6 cm³/mol. The summed E-state index contributed by atoms with van der Waals surface area (Å²) < 4.78 is 0. The lowest BCUT2D eigenvalue weighted by Gasteiger charge is -2.50. The minimum atomic E-state index is -0.0528. The van der Waals surface area contributed by atoms with Crippen molar-refractivity contribution in [2.45, 2.75) is 38.8 Å². The second kappa shape index (κ2) is 7.85. The number of piperidine rings is 3. The standard InChI is InChI=1S/C17H30N4O/c1-5-7-20(4)11-15-12-21-8-6-14(15)9-16(21)10-18-17(22)19-13(2)3/h1,13-16H,6-12H2,2-4H3,(H2,18,19,22)/t14-,15-,16+/m0/s1. The number of nitrogens with one attached hydrogen (secondary N) is 2.